The van der Waals surface area contributed by atoms with Crippen LogP contribution < -0.4 is 9.80 Å². The van der Waals surface area contributed by atoms with E-state index in [0.29, 0.717) is 11.1 Å². The van der Waals surface area contributed by atoms with Crippen molar-refractivity contribution in [2.75, 3.05) is 38.0 Å². The molecule has 132 valence electrons. The first-order chi connectivity index (χ1) is 11.8. The van der Waals surface area contributed by atoms with E-state index < -0.39 is 10.2 Å². The second kappa shape index (κ2) is 7.94. The summed E-state index contributed by atoms with van der Waals surface area (Å²) in [5, 5.41) is 0. The van der Waals surface area contributed by atoms with Gasteiger partial charge in [0.25, 0.3) is 0 Å². The van der Waals surface area contributed by atoms with Gasteiger partial charge in [-0.1, -0.05) is 24.3 Å². The van der Waals surface area contributed by atoms with Gasteiger partial charge >= 0.3 is 10.2 Å². The van der Waals surface area contributed by atoms with Gasteiger partial charge in [-0.3, -0.25) is 0 Å². The molecule has 2 aromatic rings. The molecule has 0 aliphatic carbocycles. The predicted octanol–water partition coefficient (Wildman–Crippen LogP) is 2.60. The number of benzene rings is 2. The van der Waals surface area contributed by atoms with Gasteiger partial charge in [0.15, 0.2) is 0 Å². The van der Waals surface area contributed by atoms with E-state index in [-0.39, 0.29) is 0 Å². The van der Waals surface area contributed by atoms with Crippen LogP contribution in [-0.4, -0.2) is 49.0 Å². The van der Waals surface area contributed by atoms with Crippen molar-refractivity contribution in [3.63, 3.8) is 0 Å². The summed E-state index contributed by atoms with van der Waals surface area (Å²) in [4.78, 5) is 3.92. The SMILES string of the molecule is CN(C)c1ccc(C=NS(=O)(=O)N=Cc2ccc(N(C)C)cc2)cc1. The third-order valence-corrected chi connectivity index (χ3v) is 4.23. The number of rotatable bonds is 6. The van der Waals surface area contributed by atoms with Crippen molar-refractivity contribution in [2.24, 2.45) is 8.80 Å². The van der Waals surface area contributed by atoms with Crippen LogP contribution in [0.15, 0.2) is 57.3 Å². The molecule has 2 rings (SSSR count). The largest absolute Gasteiger partial charge is 0.378 e. The zero-order valence-electron chi connectivity index (χ0n) is 14.8. The van der Waals surface area contributed by atoms with Crippen molar-refractivity contribution in [2.45, 2.75) is 0 Å². The Morgan fingerprint density at radius 3 is 1.28 bits per heavy atom. The van der Waals surface area contributed by atoms with E-state index in [1.807, 2.05) is 62.3 Å². The van der Waals surface area contributed by atoms with E-state index in [4.69, 9.17) is 0 Å². The van der Waals surface area contributed by atoms with E-state index in [1.165, 1.54) is 12.4 Å². The third-order valence-electron chi connectivity index (χ3n) is 3.49. The maximum atomic E-state index is 11.9. The van der Waals surface area contributed by atoms with E-state index in [9.17, 15) is 8.42 Å². The van der Waals surface area contributed by atoms with Crippen LogP contribution in [0.2, 0.25) is 0 Å². The number of nitrogens with zero attached hydrogens (tertiary/aromatic N) is 4. The fourth-order valence-corrected chi connectivity index (χ4v) is 2.56. The van der Waals surface area contributed by atoms with E-state index in [0.717, 1.165) is 11.4 Å². The minimum Gasteiger partial charge on any atom is -0.378 e. The highest BCUT2D eigenvalue weighted by Gasteiger charge is 2.03. The molecule has 0 amide bonds. The third kappa shape index (κ3) is 5.72. The standard InChI is InChI=1S/C18H22N4O2S/c1-21(2)17-9-5-15(6-10-17)13-19-25(23,24)20-14-16-7-11-18(12-8-16)22(3)4/h5-14H,1-4H3. The van der Waals surface area contributed by atoms with Crippen LogP contribution in [0.4, 0.5) is 11.4 Å². The molecule has 0 unspecified atom stereocenters. The van der Waals surface area contributed by atoms with E-state index in [1.54, 1.807) is 24.3 Å². The Morgan fingerprint density at radius 1 is 0.680 bits per heavy atom. The van der Waals surface area contributed by atoms with Crippen molar-refractivity contribution in [1.82, 2.24) is 0 Å². The highest BCUT2D eigenvalue weighted by atomic mass is 32.2. The molecule has 0 fully saturated rings. The Labute approximate surface area is 149 Å². The summed E-state index contributed by atoms with van der Waals surface area (Å²) in [6.45, 7) is 0. The molecule has 0 bridgehead atoms. The van der Waals surface area contributed by atoms with Crippen LogP contribution in [0.5, 0.6) is 0 Å². The van der Waals surface area contributed by atoms with Crippen molar-refractivity contribution in [3.8, 4) is 0 Å². The second-order valence-corrected chi connectivity index (χ2v) is 7.21. The molecule has 2 aromatic carbocycles. The highest BCUT2D eigenvalue weighted by Crippen LogP contribution is 2.12. The van der Waals surface area contributed by atoms with Crippen molar-refractivity contribution in [1.29, 1.82) is 0 Å². The number of anilines is 2. The maximum Gasteiger partial charge on any atom is 0.362 e. The molecular formula is C18H22N4O2S. The molecule has 0 atom stereocenters. The Balaban J connectivity index is 2.07. The van der Waals surface area contributed by atoms with Gasteiger partial charge in [-0.05, 0) is 35.4 Å². The first kappa shape index (κ1) is 18.7. The first-order valence-corrected chi connectivity index (χ1v) is 9.07. The molecule has 7 heteroatoms. The molecule has 0 saturated heterocycles. The number of hydrogen-bond acceptors (Lipinski definition) is 4. The Morgan fingerprint density at radius 2 is 1.00 bits per heavy atom. The smallest absolute Gasteiger partial charge is 0.362 e. The average Bonchev–Trinajstić information content (AvgIpc) is 2.59. The molecule has 0 N–H and O–H groups in total. The molecule has 0 heterocycles. The zero-order chi connectivity index (χ0) is 18.4. The van der Waals surface area contributed by atoms with Gasteiger partial charge in [0.05, 0.1) is 0 Å². The molecule has 0 aliphatic heterocycles. The molecule has 0 saturated carbocycles. The second-order valence-electron chi connectivity index (χ2n) is 5.89. The summed E-state index contributed by atoms with van der Waals surface area (Å²) in [6, 6.07) is 14.8. The van der Waals surface area contributed by atoms with Crippen LogP contribution in [0.25, 0.3) is 0 Å². The fraction of sp³-hybridized carbons (Fsp3) is 0.222. The van der Waals surface area contributed by atoms with Crippen LogP contribution >= 0.6 is 0 Å². The van der Waals surface area contributed by atoms with Crippen LogP contribution in [-0.2, 0) is 10.2 Å². The molecule has 0 aliphatic rings. The first-order valence-electron chi connectivity index (χ1n) is 7.67. The molecule has 0 radical (unpaired) electrons. The summed E-state index contributed by atoms with van der Waals surface area (Å²) in [7, 11) is 3.84. The van der Waals surface area contributed by atoms with Gasteiger partial charge in [0.1, 0.15) is 0 Å². The zero-order valence-corrected chi connectivity index (χ0v) is 15.6. The quantitative estimate of drug-likeness (QED) is 0.745. The van der Waals surface area contributed by atoms with Crippen molar-refractivity contribution >= 4 is 34.0 Å². The lowest BCUT2D eigenvalue weighted by molar-refractivity contribution is 0.600. The average molecular weight is 358 g/mol. The number of hydrogen-bond donors (Lipinski definition) is 0. The molecule has 25 heavy (non-hydrogen) atoms. The van der Waals surface area contributed by atoms with Crippen LogP contribution in [0.1, 0.15) is 11.1 Å². The minimum absolute atomic E-state index is 0.694. The molecule has 6 nitrogen and oxygen atoms in total. The van der Waals surface area contributed by atoms with Gasteiger partial charge in [0.2, 0.25) is 0 Å². The lowest BCUT2D eigenvalue weighted by Gasteiger charge is -2.11. The fourth-order valence-electron chi connectivity index (χ4n) is 2.00. The molecule has 0 aromatic heterocycles. The van der Waals surface area contributed by atoms with E-state index in [2.05, 4.69) is 8.80 Å². The van der Waals surface area contributed by atoms with Crippen LogP contribution in [0.3, 0.4) is 0 Å². The molecule has 0 spiro atoms. The summed E-state index contributed by atoms with van der Waals surface area (Å²) in [5.74, 6) is 0. The van der Waals surface area contributed by atoms with Gasteiger partial charge in [0, 0.05) is 52.0 Å². The summed E-state index contributed by atoms with van der Waals surface area (Å²) in [5.41, 5.74) is 3.44. The lowest BCUT2D eigenvalue weighted by Crippen LogP contribution is -2.08. The van der Waals surface area contributed by atoms with Crippen molar-refractivity contribution < 1.29 is 8.42 Å². The maximum absolute atomic E-state index is 11.9. The highest BCUT2D eigenvalue weighted by molar-refractivity contribution is 7.89. The van der Waals surface area contributed by atoms with E-state index >= 15 is 0 Å². The van der Waals surface area contributed by atoms with Gasteiger partial charge < -0.3 is 9.80 Å². The molecular weight excluding hydrogens is 336 g/mol. The van der Waals surface area contributed by atoms with Crippen LogP contribution in [0, 0.1) is 0 Å². The Hall–Kier alpha value is -2.67. The topological polar surface area (TPSA) is 65.3 Å². The lowest BCUT2D eigenvalue weighted by atomic mass is 10.2. The summed E-state index contributed by atoms with van der Waals surface area (Å²) < 4.78 is 31.0. The Bertz CT molecular complexity index is 785. The minimum atomic E-state index is -3.91. The van der Waals surface area contributed by atoms with Gasteiger partial charge in [-0.25, -0.2) is 0 Å². The monoisotopic (exact) mass is 358 g/mol. The van der Waals surface area contributed by atoms with Gasteiger partial charge in [-0.15, -0.1) is 0 Å². The normalized spacial score (nSPS) is 12.0. The predicted molar refractivity (Wildman–Crippen MR) is 106 cm³/mol. The van der Waals surface area contributed by atoms with Gasteiger partial charge in [-0.2, -0.15) is 17.2 Å². The summed E-state index contributed by atoms with van der Waals surface area (Å²) >= 11 is 0. The van der Waals surface area contributed by atoms with Crippen molar-refractivity contribution in [3.05, 3.63) is 59.7 Å². The Kier molecular flexibility index (Phi) is 5.93. The summed E-state index contributed by atoms with van der Waals surface area (Å²) in [6.07, 6.45) is 2.59.